The highest BCUT2D eigenvalue weighted by Gasteiger charge is 2.27. The van der Waals surface area contributed by atoms with Gasteiger partial charge in [0.1, 0.15) is 0 Å². The zero-order valence-electron chi connectivity index (χ0n) is 9.56. The lowest BCUT2D eigenvalue weighted by atomic mass is 10.0. The average molecular weight is 214 g/mol. The molecule has 2 aliphatic rings. The molecule has 0 amide bonds. The predicted molar refractivity (Wildman–Crippen MR) is 58.9 cm³/mol. The minimum absolute atomic E-state index is 0.0402. The summed E-state index contributed by atoms with van der Waals surface area (Å²) < 4.78 is 5.47. The normalized spacial score (nSPS) is 32.0. The van der Waals surface area contributed by atoms with Crippen LogP contribution in [0.1, 0.15) is 12.8 Å². The molecule has 2 saturated heterocycles. The quantitative estimate of drug-likeness (QED) is 0.689. The van der Waals surface area contributed by atoms with E-state index in [1.165, 1.54) is 25.9 Å². The summed E-state index contributed by atoms with van der Waals surface area (Å²) in [6, 6.07) is 0.708. The number of nitrogens with zero attached hydrogens (tertiary/aromatic N) is 2. The van der Waals surface area contributed by atoms with Crippen molar-refractivity contribution < 1.29 is 9.84 Å². The molecule has 1 N–H and O–H groups in total. The van der Waals surface area contributed by atoms with Gasteiger partial charge in [-0.25, -0.2) is 0 Å². The van der Waals surface area contributed by atoms with Crippen LogP contribution in [0.25, 0.3) is 0 Å². The van der Waals surface area contributed by atoms with Crippen molar-refractivity contribution in [1.29, 1.82) is 0 Å². The van der Waals surface area contributed by atoms with E-state index in [2.05, 4.69) is 16.8 Å². The monoisotopic (exact) mass is 214 g/mol. The zero-order valence-corrected chi connectivity index (χ0v) is 9.56. The van der Waals surface area contributed by atoms with Crippen LogP contribution >= 0.6 is 0 Å². The molecule has 0 aliphatic carbocycles. The molecule has 4 heteroatoms. The van der Waals surface area contributed by atoms with Crippen LogP contribution in [-0.2, 0) is 4.74 Å². The van der Waals surface area contributed by atoms with Gasteiger partial charge in [-0.15, -0.1) is 0 Å². The zero-order chi connectivity index (χ0) is 10.7. The molecule has 1 atom stereocenters. The third-order valence-corrected chi connectivity index (χ3v) is 3.58. The third kappa shape index (κ3) is 2.91. The van der Waals surface area contributed by atoms with Crippen LogP contribution in [0.2, 0.25) is 0 Å². The maximum atomic E-state index is 9.09. The van der Waals surface area contributed by atoms with Gasteiger partial charge in [0.25, 0.3) is 0 Å². The number of hydrogen-bond donors (Lipinski definition) is 1. The molecular formula is C11H22N2O2. The van der Waals surface area contributed by atoms with Crippen LogP contribution in [0.3, 0.4) is 0 Å². The summed E-state index contributed by atoms with van der Waals surface area (Å²) in [4.78, 5) is 4.89. The molecule has 0 aromatic rings. The minimum atomic E-state index is 0.0402. The van der Waals surface area contributed by atoms with Crippen molar-refractivity contribution >= 4 is 0 Å². The topological polar surface area (TPSA) is 35.9 Å². The van der Waals surface area contributed by atoms with E-state index in [0.29, 0.717) is 6.04 Å². The van der Waals surface area contributed by atoms with Gasteiger partial charge in [0.2, 0.25) is 0 Å². The number of piperidine rings is 1. The van der Waals surface area contributed by atoms with E-state index < -0.39 is 0 Å². The summed E-state index contributed by atoms with van der Waals surface area (Å²) >= 11 is 0. The Labute approximate surface area is 91.8 Å². The van der Waals surface area contributed by atoms with Gasteiger partial charge in [-0.05, 0) is 33.0 Å². The summed E-state index contributed by atoms with van der Waals surface area (Å²) in [6.07, 6.45) is 2.56. The summed E-state index contributed by atoms with van der Waals surface area (Å²) in [5.41, 5.74) is 0. The Morgan fingerprint density at radius 3 is 2.67 bits per heavy atom. The number of aliphatic hydroxyl groups is 1. The first-order chi connectivity index (χ1) is 7.29. The van der Waals surface area contributed by atoms with Gasteiger partial charge in [-0.3, -0.25) is 4.90 Å². The van der Waals surface area contributed by atoms with E-state index in [1.54, 1.807) is 0 Å². The Morgan fingerprint density at radius 1 is 1.27 bits per heavy atom. The molecule has 88 valence electrons. The van der Waals surface area contributed by atoms with Crippen LogP contribution < -0.4 is 0 Å². The Balaban J connectivity index is 1.82. The Bertz CT molecular complexity index is 193. The lowest BCUT2D eigenvalue weighted by molar-refractivity contribution is -0.0704. The molecule has 2 aliphatic heterocycles. The molecule has 15 heavy (non-hydrogen) atoms. The van der Waals surface area contributed by atoms with Crippen LogP contribution in [0.4, 0.5) is 0 Å². The smallest absolute Gasteiger partial charge is 0.0932 e. The first kappa shape index (κ1) is 11.3. The highest BCUT2D eigenvalue weighted by atomic mass is 16.5. The first-order valence-corrected chi connectivity index (χ1v) is 5.94. The Hall–Kier alpha value is -0.160. The molecule has 0 aromatic carbocycles. The van der Waals surface area contributed by atoms with Crippen LogP contribution in [0.15, 0.2) is 0 Å². The second-order valence-electron chi connectivity index (χ2n) is 4.70. The molecule has 2 rings (SSSR count). The van der Waals surface area contributed by atoms with Crippen LogP contribution in [0, 0.1) is 0 Å². The van der Waals surface area contributed by atoms with E-state index >= 15 is 0 Å². The number of ether oxygens (including phenoxy) is 1. The number of aliphatic hydroxyl groups excluding tert-OH is 1. The van der Waals surface area contributed by atoms with Gasteiger partial charge >= 0.3 is 0 Å². The van der Waals surface area contributed by atoms with Gasteiger partial charge in [-0.1, -0.05) is 0 Å². The lowest BCUT2D eigenvalue weighted by Crippen LogP contribution is -2.51. The molecule has 0 bridgehead atoms. The molecule has 0 spiro atoms. The Morgan fingerprint density at radius 2 is 2.00 bits per heavy atom. The molecule has 2 fully saturated rings. The molecule has 0 saturated carbocycles. The predicted octanol–water partition coefficient (Wildman–Crippen LogP) is -0.226. The van der Waals surface area contributed by atoms with Crippen LogP contribution in [-0.4, -0.2) is 73.5 Å². The van der Waals surface area contributed by atoms with E-state index in [4.69, 9.17) is 9.84 Å². The fourth-order valence-corrected chi connectivity index (χ4v) is 2.54. The number of likely N-dealkylation sites (tertiary alicyclic amines) is 1. The molecule has 0 aromatic heterocycles. The van der Waals surface area contributed by atoms with Crippen molar-refractivity contribution in [3.8, 4) is 0 Å². The maximum absolute atomic E-state index is 9.09. The summed E-state index contributed by atoms with van der Waals surface area (Å²) in [5, 5.41) is 9.09. The molecule has 2 heterocycles. The second-order valence-corrected chi connectivity index (χ2v) is 4.70. The van der Waals surface area contributed by atoms with Gasteiger partial charge in [0.15, 0.2) is 0 Å². The molecule has 4 nitrogen and oxygen atoms in total. The minimum Gasteiger partial charge on any atom is -0.394 e. The number of hydrogen-bond acceptors (Lipinski definition) is 4. The molecular weight excluding hydrogens is 192 g/mol. The summed E-state index contributed by atoms with van der Waals surface area (Å²) in [6.45, 7) is 5.27. The average Bonchev–Trinajstić information content (AvgIpc) is 2.30. The van der Waals surface area contributed by atoms with Crippen molar-refractivity contribution in [2.24, 2.45) is 0 Å². The van der Waals surface area contributed by atoms with Crippen molar-refractivity contribution in [2.45, 2.75) is 25.0 Å². The fourth-order valence-electron chi connectivity index (χ4n) is 2.54. The van der Waals surface area contributed by atoms with Crippen molar-refractivity contribution in [1.82, 2.24) is 9.80 Å². The lowest BCUT2D eigenvalue weighted by Gasteiger charge is -2.41. The van der Waals surface area contributed by atoms with Gasteiger partial charge in [0, 0.05) is 19.1 Å². The maximum Gasteiger partial charge on any atom is 0.0932 e. The fraction of sp³-hybridized carbons (Fsp3) is 1.00. The summed E-state index contributed by atoms with van der Waals surface area (Å²) in [5.74, 6) is 0. The molecule has 1 unspecified atom stereocenters. The number of morpholine rings is 1. The van der Waals surface area contributed by atoms with E-state index in [0.717, 1.165) is 19.7 Å². The molecule has 0 radical (unpaired) electrons. The number of rotatable bonds is 2. The standard InChI is InChI=1S/C11H22N2O2/c1-12-4-2-10(3-5-12)13-6-7-15-11(8-13)9-14/h10-11,14H,2-9H2,1H3. The van der Waals surface area contributed by atoms with Crippen molar-refractivity contribution in [2.75, 3.05) is 46.4 Å². The van der Waals surface area contributed by atoms with Gasteiger partial charge in [-0.2, -0.15) is 0 Å². The van der Waals surface area contributed by atoms with Crippen molar-refractivity contribution in [3.63, 3.8) is 0 Å². The highest BCUT2D eigenvalue weighted by Crippen LogP contribution is 2.18. The first-order valence-electron chi connectivity index (χ1n) is 5.94. The van der Waals surface area contributed by atoms with Gasteiger partial charge < -0.3 is 14.7 Å². The van der Waals surface area contributed by atoms with E-state index in [-0.39, 0.29) is 12.7 Å². The second kappa shape index (κ2) is 5.25. The van der Waals surface area contributed by atoms with E-state index in [9.17, 15) is 0 Å². The highest BCUT2D eigenvalue weighted by molar-refractivity contribution is 4.82. The Kier molecular flexibility index (Phi) is 3.97. The third-order valence-electron chi connectivity index (χ3n) is 3.58. The summed E-state index contributed by atoms with van der Waals surface area (Å²) in [7, 11) is 2.19. The SMILES string of the molecule is CN1CCC(N2CCOC(CO)C2)CC1. The van der Waals surface area contributed by atoms with Crippen LogP contribution in [0.5, 0.6) is 0 Å². The van der Waals surface area contributed by atoms with Crippen molar-refractivity contribution in [3.05, 3.63) is 0 Å². The van der Waals surface area contributed by atoms with Gasteiger partial charge in [0.05, 0.1) is 19.3 Å². The van der Waals surface area contributed by atoms with E-state index in [1.807, 2.05) is 0 Å². The largest absolute Gasteiger partial charge is 0.394 e.